The molecule has 0 fully saturated rings. The number of aryl methyl sites for hydroxylation is 1. The Morgan fingerprint density at radius 1 is 1.35 bits per heavy atom. The molecule has 0 saturated carbocycles. The zero-order valence-corrected chi connectivity index (χ0v) is 11.6. The first-order chi connectivity index (χ1) is 8.04. The fourth-order valence-corrected chi connectivity index (χ4v) is 1.69. The Morgan fingerprint density at radius 3 is 2.59 bits per heavy atom. The molecule has 1 N–H and O–H groups in total. The number of ether oxygens (including phenoxy) is 1. The number of hydrogen-bond donors (Lipinski definition) is 1. The smallest absolute Gasteiger partial charge is 0.0664 e. The van der Waals surface area contributed by atoms with Crippen molar-refractivity contribution < 1.29 is 4.74 Å². The second kappa shape index (κ2) is 6.50. The Bertz CT molecular complexity index is 350. The molecular weight excluding hydrogens is 212 g/mol. The lowest BCUT2D eigenvalue weighted by Crippen LogP contribution is -2.22. The van der Waals surface area contributed by atoms with Crippen LogP contribution in [0.2, 0.25) is 0 Å². The summed E-state index contributed by atoms with van der Waals surface area (Å²) in [7, 11) is 4.11. The van der Waals surface area contributed by atoms with Crippen molar-refractivity contribution >= 4 is 11.4 Å². The molecule has 0 radical (unpaired) electrons. The maximum absolute atomic E-state index is 5.40. The van der Waals surface area contributed by atoms with Gasteiger partial charge in [-0.1, -0.05) is 0 Å². The first kappa shape index (κ1) is 13.8. The summed E-state index contributed by atoms with van der Waals surface area (Å²) >= 11 is 0. The van der Waals surface area contributed by atoms with E-state index in [1.165, 1.54) is 16.9 Å². The fourth-order valence-electron chi connectivity index (χ4n) is 1.69. The summed E-state index contributed by atoms with van der Waals surface area (Å²) in [5, 5.41) is 3.47. The maximum Gasteiger partial charge on any atom is 0.0664 e. The van der Waals surface area contributed by atoms with Gasteiger partial charge in [-0.25, -0.2) is 0 Å². The van der Waals surface area contributed by atoms with Gasteiger partial charge in [0.25, 0.3) is 0 Å². The highest BCUT2D eigenvalue weighted by atomic mass is 16.5. The topological polar surface area (TPSA) is 24.5 Å². The Hall–Kier alpha value is -1.22. The van der Waals surface area contributed by atoms with Crippen molar-refractivity contribution in [1.29, 1.82) is 0 Å². The Morgan fingerprint density at radius 2 is 2.06 bits per heavy atom. The number of anilines is 2. The second-order valence-electron chi connectivity index (χ2n) is 4.60. The van der Waals surface area contributed by atoms with Crippen molar-refractivity contribution in [2.24, 2.45) is 0 Å². The van der Waals surface area contributed by atoms with Gasteiger partial charge in [0.15, 0.2) is 0 Å². The summed E-state index contributed by atoms with van der Waals surface area (Å²) in [4.78, 5) is 2.11. The number of nitrogens with one attached hydrogen (secondary N) is 1. The summed E-state index contributed by atoms with van der Waals surface area (Å²) in [6.45, 7) is 7.79. The van der Waals surface area contributed by atoms with Crippen LogP contribution < -0.4 is 10.2 Å². The molecule has 3 nitrogen and oxygen atoms in total. The predicted molar refractivity (Wildman–Crippen MR) is 75.1 cm³/mol. The van der Waals surface area contributed by atoms with Gasteiger partial charge in [0.05, 0.1) is 6.61 Å². The largest absolute Gasteiger partial charge is 0.380 e. The van der Waals surface area contributed by atoms with E-state index in [-0.39, 0.29) is 0 Å². The minimum absolute atomic E-state index is 0.332. The molecule has 0 heterocycles. The first-order valence-electron chi connectivity index (χ1n) is 6.16. The second-order valence-corrected chi connectivity index (χ2v) is 4.60. The molecule has 96 valence electrons. The molecule has 1 unspecified atom stereocenters. The molecule has 17 heavy (non-hydrogen) atoms. The maximum atomic E-state index is 5.40. The van der Waals surface area contributed by atoms with E-state index >= 15 is 0 Å². The zero-order valence-electron chi connectivity index (χ0n) is 11.6. The highest BCUT2D eigenvalue weighted by Gasteiger charge is 2.05. The molecule has 0 spiro atoms. The Kier molecular flexibility index (Phi) is 5.29. The SMILES string of the molecule is CCOCC(C)Nc1ccc(N(C)C)cc1C. The Labute approximate surface area is 105 Å². The summed E-state index contributed by atoms with van der Waals surface area (Å²) in [5.74, 6) is 0. The number of hydrogen-bond acceptors (Lipinski definition) is 3. The summed E-state index contributed by atoms with van der Waals surface area (Å²) in [6.07, 6.45) is 0. The van der Waals surface area contributed by atoms with E-state index in [0.29, 0.717) is 6.04 Å². The third-order valence-electron chi connectivity index (χ3n) is 2.70. The van der Waals surface area contributed by atoms with Gasteiger partial charge in [-0.2, -0.15) is 0 Å². The van der Waals surface area contributed by atoms with Crippen LogP contribution in [-0.2, 0) is 4.74 Å². The quantitative estimate of drug-likeness (QED) is 0.822. The van der Waals surface area contributed by atoms with E-state index in [0.717, 1.165) is 13.2 Å². The fraction of sp³-hybridized carbons (Fsp3) is 0.571. The van der Waals surface area contributed by atoms with Crippen LogP contribution >= 0.6 is 0 Å². The van der Waals surface area contributed by atoms with Crippen LogP contribution in [-0.4, -0.2) is 33.4 Å². The molecule has 0 amide bonds. The lowest BCUT2D eigenvalue weighted by Gasteiger charge is -2.19. The van der Waals surface area contributed by atoms with Gasteiger partial charge in [0.1, 0.15) is 0 Å². The number of rotatable bonds is 6. The van der Waals surface area contributed by atoms with Crippen molar-refractivity contribution in [1.82, 2.24) is 0 Å². The molecule has 1 aromatic carbocycles. The van der Waals surface area contributed by atoms with Crippen molar-refractivity contribution in [3.05, 3.63) is 23.8 Å². The minimum atomic E-state index is 0.332. The normalized spacial score (nSPS) is 12.3. The summed E-state index contributed by atoms with van der Waals surface area (Å²) < 4.78 is 5.40. The molecule has 0 bridgehead atoms. The van der Waals surface area contributed by atoms with E-state index in [4.69, 9.17) is 4.74 Å². The molecule has 3 heteroatoms. The average molecular weight is 236 g/mol. The van der Waals surface area contributed by atoms with Crippen molar-refractivity contribution in [3.8, 4) is 0 Å². The molecule has 0 aliphatic rings. The Balaban J connectivity index is 2.65. The third-order valence-corrected chi connectivity index (χ3v) is 2.70. The molecule has 1 rings (SSSR count). The minimum Gasteiger partial charge on any atom is -0.380 e. The van der Waals surface area contributed by atoms with E-state index in [1.54, 1.807) is 0 Å². The highest BCUT2D eigenvalue weighted by Crippen LogP contribution is 2.21. The van der Waals surface area contributed by atoms with Crippen LogP contribution in [0.5, 0.6) is 0 Å². The summed E-state index contributed by atoms with van der Waals surface area (Å²) in [5.41, 5.74) is 3.67. The zero-order chi connectivity index (χ0) is 12.8. The van der Waals surface area contributed by atoms with E-state index in [2.05, 4.69) is 56.4 Å². The van der Waals surface area contributed by atoms with Gasteiger partial charge < -0.3 is 15.0 Å². The molecule has 0 saturated heterocycles. The third kappa shape index (κ3) is 4.27. The molecule has 1 atom stereocenters. The van der Waals surface area contributed by atoms with E-state index < -0.39 is 0 Å². The van der Waals surface area contributed by atoms with Gasteiger partial charge in [0, 0.05) is 38.1 Å². The monoisotopic (exact) mass is 236 g/mol. The van der Waals surface area contributed by atoms with Crippen molar-refractivity contribution in [2.45, 2.75) is 26.8 Å². The number of nitrogens with zero attached hydrogens (tertiary/aromatic N) is 1. The van der Waals surface area contributed by atoms with Gasteiger partial charge in [-0.3, -0.25) is 0 Å². The molecule has 0 aromatic heterocycles. The van der Waals surface area contributed by atoms with Crippen LogP contribution in [0.3, 0.4) is 0 Å². The van der Waals surface area contributed by atoms with Crippen LogP contribution in [0.4, 0.5) is 11.4 Å². The van der Waals surface area contributed by atoms with Crippen LogP contribution in [0.25, 0.3) is 0 Å². The van der Waals surface area contributed by atoms with Gasteiger partial charge in [-0.05, 0) is 44.5 Å². The average Bonchev–Trinajstić information content (AvgIpc) is 2.28. The van der Waals surface area contributed by atoms with Crippen molar-refractivity contribution in [2.75, 3.05) is 37.5 Å². The molecule has 0 aliphatic heterocycles. The van der Waals surface area contributed by atoms with E-state index in [9.17, 15) is 0 Å². The van der Waals surface area contributed by atoms with Crippen LogP contribution in [0, 0.1) is 6.92 Å². The molecule has 1 aromatic rings. The van der Waals surface area contributed by atoms with Crippen molar-refractivity contribution in [3.63, 3.8) is 0 Å². The first-order valence-corrected chi connectivity index (χ1v) is 6.16. The van der Waals surface area contributed by atoms with Gasteiger partial charge in [0.2, 0.25) is 0 Å². The van der Waals surface area contributed by atoms with E-state index in [1.807, 2.05) is 6.92 Å². The number of benzene rings is 1. The predicted octanol–water partition coefficient (Wildman–Crippen LogP) is 2.90. The van der Waals surface area contributed by atoms with Gasteiger partial charge >= 0.3 is 0 Å². The molecular formula is C14H24N2O. The lowest BCUT2D eigenvalue weighted by atomic mass is 10.1. The standard InChI is InChI=1S/C14H24N2O/c1-6-17-10-12(3)15-14-8-7-13(16(4)5)9-11(14)2/h7-9,12,15H,6,10H2,1-5H3. The lowest BCUT2D eigenvalue weighted by molar-refractivity contribution is 0.141. The van der Waals surface area contributed by atoms with Gasteiger partial charge in [-0.15, -0.1) is 0 Å². The van der Waals surface area contributed by atoms with Crippen LogP contribution in [0.15, 0.2) is 18.2 Å². The highest BCUT2D eigenvalue weighted by molar-refractivity contribution is 5.60. The molecule has 0 aliphatic carbocycles. The summed E-state index contributed by atoms with van der Waals surface area (Å²) in [6, 6.07) is 6.78. The van der Waals surface area contributed by atoms with Crippen LogP contribution in [0.1, 0.15) is 19.4 Å².